The summed E-state index contributed by atoms with van der Waals surface area (Å²) in [6, 6.07) is 63.2. The van der Waals surface area contributed by atoms with Gasteiger partial charge in [0.1, 0.15) is 0 Å². The molecule has 2 aliphatic carbocycles. The molecule has 11 rings (SSSR count). The predicted octanol–water partition coefficient (Wildman–Crippen LogP) is 11.5. The van der Waals surface area contributed by atoms with Crippen LogP contribution >= 0.6 is 0 Å². The summed E-state index contributed by atoms with van der Waals surface area (Å²) in [4.78, 5) is 14.8. The van der Waals surface area contributed by atoms with Crippen LogP contribution in [0.4, 0.5) is 0 Å². The molecule has 0 amide bonds. The molecule has 0 unspecified atom stereocenters. The summed E-state index contributed by atoms with van der Waals surface area (Å²) in [5.74, 6) is 1.98. The van der Waals surface area contributed by atoms with Gasteiger partial charge in [-0.3, -0.25) is 0 Å². The van der Waals surface area contributed by atoms with Crippen LogP contribution in [-0.2, 0) is 5.41 Å². The lowest BCUT2D eigenvalue weighted by Crippen LogP contribution is -2.26. The van der Waals surface area contributed by atoms with Crippen molar-refractivity contribution in [3.8, 4) is 56.4 Å². The number of fused-ring (bicyclic) bond motifs is 7. The predicted molar refractivity (Wildman–Crippen MR) is 207 cm³/mol. The number of benzene rings is 8. The van der Waals surface area contributed by atoms with Gasteiger partial charge in [0, 0.05) is 16.7 Å². The molecule has 0 atom stereocenters. The maximum Gasteiger partial charge on any atom is 0.164 e. The Kier molecular flexibility index (Phi) is 5.88. The number of hydrogen-bond donors (Lipinski definition) is 0. The Morgan fingerprint density at radius 1 is 0.294 bits per heavy atom. The summed E-state index contributed by atoms with van der Waals surface area (Å²) < 4.78 is 0. The molecule has 0 radical (unpaired) electrons. The topological polar surface area (TPSA) is 38.7 Å². The molecule has 0 bridgehead atoms. The minimum absolute atomic E-state index is 0.378. The van der Waals surface area contributed by atoms with Crippen LogP contribution in [0.15, 0.2) is 176 Å². The quantitative estimate of drug-likeness (QED) is 0.178. The lowest BCUT2D eigenvalue weighted by Gasteiger charge is -2.31. The van der Waals surface area contributed by atoms with E-state index in [0.717, 1.165) is 22.3 Å². The van der Waals surface area contributed by atoms with E-state index >= 15 is 0 Å². The van der Waals surface area contributed by atoms with Crippen molar-refractivity contribution in [3.63, 3.8) is 0 Å². The zero-order valence-corrected chi connectivity index (χ0v) is 27.6. The van der Waals surface area contributed by atoms with Crippen LogP contribution in [-0.4, -0.2) is 15.0 Å². The molecule has 0 fully saturated rings. The summed E-state index contributed by atoms with van der Waals surface area (Å²) in [6.07, 6.45) is 0. The fourth-order valence-electron chi connectivity index (χ4n) is 8.81. The SMILES string of the molecule is c1ccc(-c2nc(-c3ccccc3)nc(-c3ccc(-c4cccc5c4-c4ccccc4C54c5cccc6ccc7cccc4c7c56)cc3)n2)cc1. The Morgan fingerprint density at radius 2 is 0.725 bits per heavy atom. The Morgan fingerprint density at radius 3 is 1.31 bits per heavy atom. The standard InChI is InChI=1S/C48H29N3/c1-3-12-33(13-4-1)45-49-46(34-14-5-2-6-15-34)51-47(50-45)35-28-24-30(25-29-35)36-19-11-23-41-44(36)37-18-7-8-20-38(37)48(41)39-21-9-16-31-26-27-32-17-10-22-40(48)43(32)42(31)39/h1-29H. The van der Waals surface area contributed by atoms with Crippen molar-refractivity contribution in [2.75, 3.05) is 0 Å². The van der Waals surface area contributed by atoms with Gasteiger partial charge in [-0.2, -0.15) is 0 Å². The van der Waals surface area contributed by atoms with E-state index in [2.05, 4.69) is 115 Å². The van der Waals surface area contributed by atoms with Crippen LogP contribution in [0.5, 0.6) is 0 Å². The first-order valence-corrected chi connectivity index (χ1v) is 17.5. The van der Waals surface area contributed by atoms with Gasteiger partial charge in [0.05, 0.1) is 5.41 Å². The van der Waals surface area contributed by atoms with Crippen molar-refractivity contribution in [2.45, 2.75) is 5.41 Å². The van der Waals surface area contributed by atoms with Crippen molar-refractivity contribution in [1.82, 2.24) is 15.0 Å². The van der Waals surface area contributed by atoms with E-state index in [9.17, 15) is 0 Å². The molecule has 0 saturated heterocycles. The summed E-state index contributed by atoms with van der Waals surface area (Å²) in [5.41, 5.74) is 12.9. The Labute approximate surface area is 295 Å². The Bertz CT molecular complexity index is 2720. The fraction of sp³-hybridized carbons (Fsp3) is 0.0208. The lowest BCUT2D eigenvalue weighted by molar-refractivity contribution is 0.797. The molecule has 51 heavy (non-hydrogen) atoms. The molecule has 1 heterocycles. The molecule has 3 nitrogen and oxygen atoms in total. The van der Waals surface area contributed by atoms with Gasteiger partial charge in [0.15, 0.2) is 17.5 Å². The number of aromatic nitrogens is 3. The van der Waals surface area contributed by atoms with Crippen molar-refractivity contribution in [1.29, 1.82) is 0 Å². The first-order chi connectivity index (χ1) is 25.3. The average molecular weight is 648 g/mol. The largest absolute Gasteiger partial charge is 0.208 e. The van der Waals surface area contributed by atoms with E-state index < -0.39 is 0 Å². The summed E-state index contributed by atoms with van der Waals surface area (Å²) in [7, 11) is 0. The maximum atomic E-state index is 4.97. The smallest absolute Gasteiger partial charge is 0.164 e. The highest BCUT2D eigenvalue weighted by Crippen LogP contribution is 2.63. The van der Waals surface area contributed by atoms with E-state index in [1.54, 1.807) is 0 Å². The summed E-state index contributed by atoms with van der Waals surface area (Å²) >= 11 is 0. The number of rotatable bonds is 4. The number of hydrogen-bond acceptors (Lipinski definition) is 3. The molecule has 0 N–H and O–H groups in total. The monoisotopic (exact) mass is 647 g/mol. The highest BCUT2D eigenvalue weighted by Gasteiger charge is 2.51. The second-order valence-corrected chi connectivity index (χ2v) is 13.5. The van der Waals surface area contributed by atoms with Gasteiger partial charge in [-0.1, -0.05) is 176 Å². The van der Waals surface area contributed by atoms with Gasteiger partial charge in [-0.25, -0.2) is 15.0 Å². The molecule has 1 aromatic heterocycles. The van der Waals surface area contributed by atoms with Gasteiger partial charge in [0.25, 0.3) is 0 Å². The first-order valence-electron chi connectivity index (χ1n) is 17.5. The molecule has 236 valence electrons. The van der Waals surface area contributed by atoms with Gasteiger partial charge < -0.3 is 0 Å². The van der Waals surface area contributed by atoms with Crippen LogP contribution in [0.2, 0.25) is 0 Å². The molecule has 2 aliphatic rings. The van der Waals surface area contributed by atoms with E-state index in [-0.39, 0.29) is 5.41 Å². The van der Waals surface area contributed by atoms with E-state index in [1.807, 2.05) is 60.7 Å². The van der Waals surface area contributed by atoms with E-state index in [0.29, 0.717) is 17.5 Å². The molecular formula is C48H29N3. The summed E-state index contributed by atoms with van der Waals surface area (Å²) in [5, 5.41) is 5.35. The van der Waals surface area contributed by atoms with Gasteiger partial charge >= 0.3 is 0 Å². The van der Waals surface area contributed by atoms with Crippen molar-refractivity contribution >= 4 is 21.5 Å². The highest BCUT2D eigenvalue weighted by atomic mass is 15.0. The third-order valence-electron chi connectivity index (χ3n) is 10.9. The molecule has 3 heteroatoms. The minimum Gasteiger partial charge on any atom is -0.208 e. The summed E-state index contributed by atoms with van der Waals surface area (Å²) in [6.45, 7) is 0. The lowest BCUT2D eigenvalue weighted by atomic mass is 9.70. The molecule has 0 saturated carbocycles. The zero-order valence-electron chi connectivity index (χ0n) is 27.6. The third-order valence-corrected chi connectivity index (χ3v) is 10.9. The number of nitrogens with zero attached hydrogens (tertiary/aromatic N) is 3. The molecule has 9 aromatic rings. The maximum absolute atomic E-state index is 4.97. The van der Waals surface area contributed by atoms with E-state index in [1.165, 1.54) is 60.5 Å². The van der Waals surface area contributed by atoms with E-state index in [4.69, 9.17) is 15.0 Å². The highest BCUT2D eigenvalue weighted by molar-refractivity contribution is 6.17. The fourth-order valence-corrected chi connectivity index (χ4v) is 8.81. The van der Waals surface area contributed by atoms with Crippen LogP contribution in [0, 0.1) is 0 Å². The minimum atomic E-state index is -0.378. The molecule has 1 spiro atoms. The molecule has 8 aromatic carbocycles. The van der Waals surface area contributed by atoms with Gasteiger partial charge in [-0.15, -0.1) is 0 Å². The van der Waals surface area contributed by atoms with Crippen molar-refractivity contribution in [3.05, 3.63) is 198 Å². The normalized spacial score (nSPS) is 13.3. The van der Waals surface area contributed by atoms with Crippen molar-refractivity contribution in [2.24, 2.45) is 0 Å². The average Bonchev–Trinajstić information content (AvgIpc) is 3.69. The van der Waals surface area contributed by atoms with Crippen LogP contribution in [0.3, 0.4) is 0 Å². The zero-order chi connectivity index (χ0) is 33.5. The van der Waals surface area contributed by atoms with Crippen molar-refractivity contribution < 1.29 is 0 Å². The Balaban J connectivity index is 1.09. The van der Waals surface area contributed by atoms with Gasteiger partial charge in [-0.05, 0) is 66.1 Å². The van der Waals surface area contributed by atoms with Crippen LogP contribution < -0.4 is 0 Å². The van der Waals surface area contributed by atoms with Gasteiger partial charge in [0.2, 0.25) is 0 Å². The van der Waals surface area contributed by atoms with Crippen LogP contribution in [0.25, 0.3) is 78.0 Å². The first kappa shape index (κ1) is 28.2. The Hall–Kier alpha value is -6.71. The second kappa shape index (κ2) is 10.6. The van der Waals surface area contributed by atoms with Crippen LogP contribution in [0.1, 0.15) is 22.3 Å². The second-order valence-electron chi connectivity index (χ2n) is 13.5. The molecule has 0 aliphatic heterocycles. The third kappa shape index (κ3) is 3.92. The molecular weight excluding hydrogens is 619 g/mol.